The quantitative estimate of drug-likeness (QED) is 0.873. The maximum atomic E-state index is 9.76. The molecule has 0 fully saturated rings. The third-order valence-electron chi connectivity index (χ3n) is 3.42. The summed E-state index contributed by atoms with van der Waals surface area (Å²) in [4.78, 5) is 0. The number of aromatic hydroxyl groups is 1. The number of halogens is 2. The molecule has 3 nitrogen and oxygen atoms in total. The van der Waals surface area contributed by atoms with Crippen molar-refractivity contribution in [2.45, 2.75) is 12.3 Å². The molecule has 2 aromatic carbocycles. The van der Waals surface area contributed by atoms with Crippen LogP contribution in [0.1, 0.15) is 17.0 Å². The molecule has 0 bridgehead atoms. The van der Waals surface area contributed by atoms with Crippen molar-refractivity contribution in [3.63, 3.8) is 0 Å². The van der Waals surface area contributed by atoms with E-state index < -0.39 is 0 Å². The molecule has 112 valence electrons. The number of phenolic OH excluding ortho intramolecular Hbond substituents is 1. The van der Waals surface area contributed by atoms with Crippen molar-refractivity contribution in [3.8, 4) is 11.5 Å². The third-order valence-corrected chi connectivity index (χ3v) is 3.96. The Labute approximate surface area is 134 Å². The number of methoxy groups -OCH3 is 1. The van der Waals surface area contributed by atoms with Crippen molar-refractivity contribution >= 4 is 23.2 Å². The lowest BCUT2D eigenvalue weighted by Crippen LogP contribution is -2.15. The first-order valence-electron chi connectivity index (χ1n) is 6.56. The largest absolute Gasteiger partial charge is 0.503 e. The summed E-state index contributed by atoms with van der Waals surface area (Å²) in [5.41, 5.74) is 7.96. The number of nitrogens with two attached hydrogens (primary N) is 1. The molecule has 0 aliphatic rings. The van der Waals surface area contributed by atoms with Crippen molar-refractivity contribution < 1.29 is 9.84 Å². The van der Waals surface area contributed by atoms with Gasteiger partial charge in [-0.2, -0.15) is 0 Å². The summed E-state index contributed by atoms with van der Waals surface area (Å²) in [6.07, 6.45) is 0.703. The van der Waals surface area contributed by atoms with E-state index in [4.69, 9.17) is 33.7 Å². The molecule has 0 aliphatic heterocycles. The number of benzene rings is 2. The van der Waals surface area contributed by atoms with Crippen molar-refractivity contribution in [1.29, 1.82) is 0 Å². The zero-order chi connectivity index (χ0) is 15.4. The van der Waals surface area contributed by atoms with Crippen LogP contribution in [-0.2, 0) is 6.42 Å². The fraction of sp³-hybridized carbons (Fsp3) is 0.250. The molecule has 0 radical (unpaired) electrons. The topological polar surface area (TPSA) is 55.5 Å². The highest BCUT2D eigenvalue weighted by atomic mass is 35.5. The lowest BCUT2D eigenvalue weighted by Gasteiger charge is -2.17. The average Bonchev–Trinajstić information content (AvgIpc) is 2.49. The first kappa shape index (κ1) is 16.0. The highest BCUT2D eigenvalue weighted by molar-refractivity contribution is 6.32. The third kappa shape index (κ3) is 3.82. The second-order valence-electron chi connectivity index (χ2n) is 4.82. The molecular weight excluding hydrogens is 309 g/mol. The van der Waals surface area contributed by atoms with Gasteiger partial charge in [-0.05, 0) is 48.4 Å². The van der Waals surface area contributed by atoms with Crippen LogP contribution < -0.4 is 10.5 Å². The summed E-state index contributed by atoms with van der Waals surface area (Å²) in [5.74, 6) is 0.468. The van der Waals surface area contributed by atoms with Gasteiger partial charge in [0.2, 0.25) is 0 Å². The van der Waals surface area contributed by atoms with Gasteiger partial charge >= 0.3 is 0 Å². The monoisotopic (exact) mass is 325 g/mol. The van der Waals surface area contributed by atoms with Crippen LogP contribution in [0.3, 0.4) is 0 Å². The second kappa shape index (κ2) is 7.03. The summed E-state index contributed by atoms with van der Waals surface area (Å²) >= 11 is 11.9. The molecule has 0 saturated carbocycles. The summed E-state index contributed by atoms with van der Waals surface area (Å²) in [7, 11) is 1.49. The standard InChI is InChI=1S/C16H17Cl2NO2/c1-21-15-8-10(7-14(18)16(15)20)6-12(9-19)11-2-4-13(17)5-3-11/h2-5,7-8,12,20H,6,9,19H2,1H3. The summed E-state index contributed by atoms with van der Waals surface area (Å²) in [5, 5.41) is 10.7. The van der Waals surface area contributed by atoms with Crippen LogP contribution in [0.25, 0.3) is 0 Å². The van der Waals surface area contributed by atoms with Crippen molar-refractivity contribution in [2.24, 2.45) is 5.73 Å². The molecule has 0 spiro atoms. The summed E-state index contributed by atoms with van der Waals surface area (Å²) < 4.78 is 5.12. The lowest BCUT2D eigenvalue weighted by atomic mass is 9.92. The van der Waals surface area contributed by atoms with E-state index in [0.29, 0.717) is 23.7 Å². The SMILES string of the molecule is COc1cc(CC(CN)c2ccc(Cl)cc2)cc(Cl)c1O. The Kier molecular flexibility index (Phi) is 5.34. The van der Waals surface area contributed by atoms with Crippen molar-refractivity contribution in [2.75, 3.05) is 13.7 Å². The average molecular weight is 326 g/mol. The van der Waals surface area contributed by atoms with Crippen LogP contribution in [0.2, 0.25) is 10.0 Å². The molecule has 21 heavy (non-hydrogen) atoms. The molecule has 0 amide bonds. The van der Waals surface area contributed by atoms with E-state index in [9.17, 15) is 5.11 Å². The molecule has 2 rings (SSSR count). The lowest BCUT2D eigenvalue weighted by molar-refractivity contribution is 0.373. The first-order valence-corrected chi connectivity index (χ1v) is 7.31. The van der Waals surface area contributed by atoms with Gasteiger partial charge in [-0.15, -0.1) is 0 Å². The van der Waals surface area contributed by atoms with E-state index in [0.717, 1.165) is 11.1 Å². The van der Waals surface area contributed by atoms with E-state index in [1.165, 1.54) is 7.11 Å². The normalized spacial score (nSPS) is 12.2. The van der Waals surface area contributed by atoms with Gasteiger partial charge in [-0.1, -0.05) is 35.3 Å². The van der Waals surface area contributed by atoms with Gasteiger partial charge < -0.3 is 15.6 Å². The minimum absolute atomic E-state index is 0.0429. The Hall–Kier alpha value is -1.42. The Morgan fingerprint density at radius 2 is 1.86 bits per heavy atom. The fourth-order valence-electron chi connectivity index (χ4n) is 2.26. The number of hydrogen-bond donors (Lipinski definition) is 2. The fourth-order valence-corrected chi connectivity index (χ4v) is 2.62. The molecule has 0 aromatic heterocycles. The predicted octanol–water partition coefficient (Wildman–Crippen LogP) is 3.99. The maximum absolute atomic E-state index is 9.76. The minimum Gasteiger partial charge on any atom is -0.503 e. The van der Waals surface area contributed by atoms with Gasteiger partial charge in [0, 0.05) is 10.9 Å². The molecule has 1 unspecified atom stereocenters. The molecule has 0 heterocycles. The molecule has 1 atom stereocenters. The number of ether oxygens (including phenoxy) is 1. The van der Waals surface area contributed by atoms with Gasteiger partial charge in [0.15, 0.2) is 11.5 Å². The van der Waals surface area contributed by atoms with Crippen LogP contribution in [0.5, 0.6) is 11.5 Å². The molecular formula is C16H17Cl2NO2. The van der Waals surface area contributed by atoms with Crippen molar-refractivity contribution in [3.05, 3.63) is 57.6 Å². The van der Waals surface area contributed by atoms with Gasteiger partial charge in [0.25, 0.3) is 0 Å². The van der Waals surface area contributed by atoms with Crippen LogP contribution in [0, 0.1) is 0 Å². The molecule has 0 aliphatic carbocycles. The van der Waals surface area contributed by atoms with Crippen LogP contribution in [-0.4, -0.2) is 18.8 Å². The van der Waals surface area contributed by atoms with Gasteiger partial charge in [-0.3, -0.25) is 0 Å². The minimum atomic E-state index is -0.0429. The summed E-state index contributed by atoms with van der Waals surface area (Å²) in [6.45, 7) is 0.502. The number of hydrogen-bond acceptors (Lipinski definition) is 3. The Bertz CT molecular complexity index is 614. The summed E-state index contributed by atoms with van der Waals surface area (Å²) in [6, 6.07) is 11.2. The van der Waals surface area contributed by atoms with E-state index in [2.05, 4.69) is 0 Å². The maximum Gasteiger partial charge on any atom is 0.176 e. The van der Waals surface area contributed by atoms with Crippen LogP contribution >= 0.6 is 23.2 Å². The smallest absolute Gasteiger partial charge is 0.176 e. The van der Waals surface area contributed by atoms with E-state index in [1.807, 2.05) is 24.3 Å². The van der Waals surface area contributed by atoms with E-state index >= 15 is 0 Å². The zero-order valence-electron chi connectivity index (χ0n) is 11.6. The van der Waals surface area contributed by atoms with Crippen LogP contribution in [0.15, 0.2) is 36.4 Å². The number of rotatable bonds is 5. The van der Waals surface area contributed by atoms with Gasteiger partial charge in [0.1, 0.15) is 0 Å². The molecule has 2 aromatic rings. The van der Waals surface area contributed by atoms with Gasteiger partial charge in [0.05, 0.1) is 12.1 Å². The first-order chi connectivity index (χ1) is 10.0. The molecule has 0 saturated heterocycles. The molecule has 3 N–H and O–H groups in total. The van der Waals surface area contributed by atoms with Crippen LogP contribution in [0.4, 0.5) is 0 Å². The Balaban J connectivity index is 2.26. The van der Waals surface area contributed by atoms with Crippen molar-refractivity contribution in [1.82, 2.24) is 0 Å². The highest BCUT2D eigenvalue weighted by Gasteiger charge is 2.14. The molecule has 5 heteroatoms. The Morgan fingerprint density at radius 1 is 1.19 bits per heavy atom. The highest BCUT2D eigenvalue weighted by Crippen LogP contribution is 2.36. The van der Waals surface area contributed by atoms with E-state index in [-0.39, 0.29) is 16.7 Å². The number of phenols is 1. The van der Waals surface area contributed by atoms with E-state index in [1.54, 1.807) is 12.1 Å². The predicted molar refractivity (Wildman–Crippen MR) is 86.6 cm³/mol. The van der Waals surface area contributed by atoms with Gasteiger partial charge in [-0.25, -0.2) is 0 Å². The second-order valence-corrected chi connectivity index (χ2v) is 5.66. The zero-order valence-corrected chi connectivity index (χ0v) is 13.2. The Morgan fingerprint density at radius 3 is 2.43 bits per heavy atom.